The topological polar surface area (TPSA) is 86.2 Å². The molecule has 1 aliphatic heterocycles. The molecular formula is C24H40N4O3. The Balaban J connectivity index is 1.80. The number of aliphatic imine (C=N–C) groups is 1. The van der Waals surface area contributed by atoms with Gasteiger partial charge in [-0.2, -0.15) is 0 Å². The quantitative estimate of drug-likeness (QED) is 0.391. The highest BCUT2D eigenvalue weighted by molar-refractivity contribution is 5.80. The molecule has 0 spiro atoms. The Kier molecular flexibility index (Phi) is 10.6. The molecule has 31 heavy (non-hydrogen) atoms. The Labute approximate surface area is 187 Å². The molecule has 7 nitrogen and oxygen atoms in total. The molecule has 3 N–H and O–H groups in total. The van der Waals surface area contributed by atoms with E-state index in [4.69, 9.17) is 4.74 Å². The Morgan fingerprint density at radius 1 is 1.26 bits per heavy atom. The number of aliphatic hydroxyl groups is 1. The average molecular weight is 433 g/mol. The van der Waals surface area contributed by atoms with Gasteiger partial charge in [0.25, 0.3) is 0 Å². The number of likely N-dealkylation sites (tertiary alicyclic amines) is 1. The second-order valence-electron chi connectivity index (χ2n) is 8.26. The van der Waals surface area contributed by atoms with Crippen LogP contribution in [0, 0.1) is 12.8 Å². The maximum atomic E-state index is 12.6. The zero-order valence-corrected chi connectivity index (χ0v) is 19.6. The summed E-state index contributed by atoms with van der Waals surface area (Å²) in [4.78, 5) is 19.1. The number of rotatable bonds is 10. The van der Waals surface area contributed by atoms with Gasteiger partial charge in [-0.05, 0) is 57.2 Å². The van der Waals surface area contributed by atoms with Gasteiger partial charge >= 0.3 is 0 Å². The summed E-state index contributed by atoms with van der Waals surface area (Å²) in [5.41, 5.74) is 1.12. The summed E-state index contributed by atoms with van der Waals surface area (Å²) < 4.78 is 5.67. The van der Waals surface area contributed by atoms with E-state index in [1.165, 1.54) is 0 Å². The first-order valence-electron chi connectivity index (χ1n) is 11.7. The molecule has 1 fully saturated rings. The summed E-state index contributed by atoms with van der Waals surface area (Å²) in [5, 5.41) is 17.0. The smallest absolute Gasteiger partial charge is 0.225 e. The summed E-state index contributed by atoms with van der Waals surface area (Å²) in [6, 6.07) is 8.04. The molecule has 7 heteroatoms. The van der Waals surface area contributed by atoms with Gasteiger partial charge in [0, 0.05) is 31.6 Å². The number of piperidine rings is 1. The summed E-state index contributed by atoms with van der Waals surface area (Å²) >= 11 is 0. The summed E-state index contributed by atoms with van der Waals surface area (Å²) in [5.74, 6) is 1.89. The number of amides is 1. The van der Waals surface area contributed by atoms with Gasteiger partial charge in [0.05, 0.1) is 6.54 Å². The highest BCUT2D eigenvalue weighted by Crippen LogP contribution is 2.17. The van der Waals surface area contributed by atoms with Gasteiger partial charge in [-0.25, -0.2) is 0 Å². The lowest BCUT2D eigenvalue weighted by Gasteiger charge is -2.35. The number of hydrogen-bond acceptors (Lipinski definition) is 4. The Hall–Kier alpha value is -2.28. The predicted octanol–water partition coefficient (Wildman–Crippen LogP) is 2.72. The molecule has 0 saturated carbocycles. The number of guanidine groups is 1. The molecule has 1 aromatic carbocycles. The van der Waals surface area contributed by atoms with Crippen molar-refractivity contribution in [1.82, 2.24) is 15.5 Å². The standard InChI is InChI=1S/C24H40N4O3/c1-5-19(6-2)23(30)28-13-11-20(12-14-28)27-24(25-7-3)26-16-21(29)17-31-22-10-8-9-18(4)15-22/h8-10,15,19-21,29H,5-7,11-14,16-17H2,1-4H3,(H2,25,26,27). The molecule has 0 aromatic heterocycles. The van der Waals surface area contributed by atoms with E-state index < -0.39 is 6.10 Å². The van der Waals surface area contributed by atoms with E-state index in [1.54, 1.807) is 0 Å². The average Bonchev–Trinajstić information content (AvgIpc) is 2.77. The number of nitrogens with zero attached hydrogens (tertiary/aromatic N) is 2. The largest absolute Gasteiger partial charge is 0.491 e. The number of nitrogens with one attached hydrogen (secondary N) is 2. The minimum absolute atomic E-state index is 0.145. The van der Waals surface area contributed by atoms with Crippen molar-refractivity contribution < 1.29 is 14.6 Å². The Bertz CT molecular complexity index is 698. The first-order valence-corrected chi connectivity index (χ1v) is 11.7. The molecule has 0 radical (unpaired) electrons. The fourth-order valence-corrected chi connectivity index (χ4v) is 3.80. The fraction of sp³-hybridized carbons (Fsp3) is 0.667. The molecule has 174 valence electrons. The molecule has 1 aliphatic rings. The molecule has 0 aliphatic carbocycles. The van der Waals surface area contributed by atoms with Crippen molar-refractivity contribution in [2.75, 3.05) is 32.8 Å². The molecule has 1 amide bonds. The normalized spacial score (nSPS) is 16.3. The SMILES string of the molecule is CCNC(=NCC(O)COc1cccc(C)c1)NC1CCN(C(=O)C(CC)CC)CC1. The van der Waals surface area contributed by atoms with Crippen LogP contribution < -0.4 is 15.4 Å². The van der Waals surface area contributed by atoms with Crippen LogP contribution in [-0.4, -0.2) is 66.8 Å². The zero-order chi connectivity index (χ0) is 22.6. The van der Waals surface area contributed by atoms with Crippen LogP contribution in [0.25, 0.3) is 0 Å². The Morgan fingerprint density at radius 3 is 2.58 bits per heavy atom. The molecule has 1 atom stereocenters. The number of hydrogen-bond donors (Lipinski definition) is 3. The minimum atomic E-state index is -0.685. The highest BCUT2D eigenvalue weighted by Gasteiger charge is 2.26. The first-order chi connectivity index (χ1) is 15.0. The molecule has 1 heterocycles. The number of ether oxygens (including phenoxy) is 1. The lowest BCUT2D eigenvalue weighted by Crippen LogP contribution is -2.50. The third-order valence-corrected chi connectivity index (χ3v) is 5.72. The molecule has 1 unspecified atom stereocenters. The lowest BCUT2D eigenvalue weighted by atomic mass is 9.98. The van der Waals surface area contributed by atoms with Crippen LogP contribution in [-0.2, 0) is 4.79 Å². The lowest BCUT2D eigenvalue weighted by molar-refractivity contribution is -0.136. The molecule has 1 saturated heterocycles. The van der Waals surface area contributed by atoms with Crippen molar-refractivity contribution in [3.8, 4) is 5.75 Å². The maximum absolute atomic E-state index is 12.6. The van der Waals surface area contributed by atoms with E-state index in [2.05, 4.69) is 29.5 Å². The van der Waals surface area contributed by atoms with Crippen molar-refractivity contribution in [2.45, 2.75) is 65.5 Å². The monoisotopic (exact) mass is 432 g/mol. The van der Waals surface area contributed by atoms with Crippen LogP contribution in [0.5, 0.6) is 5.75 Å². The third kappa shape index (κ3) is 8.40. The van der Waals surface area contributed by atoms with E-state index in [1.807, 2.05) is 43.0 Å². The van der Waals surface area contributed by atoms with Crippen molar-refractivity contribution in [1.29, 1.82) is 0 Å². The summed E-state index contributed by atoms with van der Waals surface area (Å²) in [6.07, 6.45) is 2.92. The zero-order valence-electron chi connectivity index (χ0n) is 19.6. The fourth-order valence-electron chi connectivity index (χ4n) is 3.80. The van der Waals surface area contributed by atoms with Crippen molar-refractivity contribution in [3.05, 3.63) is 29.8 Å². The van der Waals surface area contributed by atoms with Gasteiger partial charge < -0.3 is 25.4 Å². The van der Waals surface area contributed by atoms with Gasteiger partial charge in [-0.15, -0.1) is 0 Å². The minimum Gasteiger partial charge on any atom is -0.491 e. The van der Waals surface area contributed by atoms with Crippen LogP contribution in [0.2, 0.25) is 0 Å². The number of carbonyl (C=O) groups excluding carboxylic acids is 1. The number of aryl methyl sites for hydroxylation is 1. The van der Waals surface area contributed by atoms with Crippen LogP contribution in [0.3, 0.4) is 0 Å². The van der Waals surface area contributed by atoms with E-state index in [9.17, 15) is 9.90 Å². The second-order valence-corrected chi connectivity index (χ2v) is 8.26. The Morgan fingerprint density at radius 2 is 1.97 bits per heavy atom. The van der Waals surface area contributed by atoms with E-state index in [0.29, 0.717) is 11.9 Å². The number of aliphatic hydroxyl groups excluding tert-OH is 1. The van der Waals surface area contributed by atoms with Crippen LogP contribution >= 0.6 is 0 Å². The van der Waals surface area contributed by atoms with Gasteiger partial charge in [-0.3, -0.25) is 9.79 Å². The first kappa shape index (κ1) is 25.0. The van der Waals surface area contributed by atoms with E-state index >= 15 is 0 Å². The second kappa shape index (κ2) is 13.2. The molecular weight excluding hydrogens is 392 g/mol. The van der Waals surface area contributed by atoms with Crippen LogP contribution in [0.4, 0.5) is 0 Å². The highest BCUT2D eigenvalue weighted by atomic mass is 16.5. The van der Waals surface area contributed by atoms with E-state index in [-0.39, 0.29) is 25.1 Å². The van der Waals surface area contributed by atoms with Gasteiger partial charge in [0.2, 0.25) is 5.91 Å². The summed E-state index contributed by atoms with van der Waals surface area (Å²) in [6.45, 7) is 10.9. The van der Waals surface area contributed by atoms with Crippen molar-refractivity contribution in [3.63, 3.8) is 0 Å². The molecule has 1 aromatic rings. The van der Waals surface area contributed by atoms with Gasteiger partial charge in [0.15, 0.2) is 5.96 Å². The molecule has 2 rings (SSSR count). The van der Waals surface area contributed by atoms with Crippen molar-refractivity contribution in [2.24, 2.45) is 10.9 Å². The predicted molar refractivity (Wildman–Crippen MR) is 125 cm³/mol. The third-order valence-electron chi connectivity index (χ3n) is 5.72. The maximum Gasteiger partial charge on any atom is 0.225 e. The van der Waals surface area contributed by atoms with Crippen LogP contribution in [0.15, 0.2) is 29.3 Å². The number of benzene rings is 1. The van der Waals surface area contributed by atoms with Crippen LogP contribution in [0.1, 0.15) is 52.0 Å². The van der Waals surface area contributed by atoms with Gasteiger partial charge in [-0.1, -0.05) is 26.0 Å². The molecule has 0 bridgehead atoms. The number of carbonyl (C=O) groups is 1. The summed E-state index contributed by atoms with van der Waals surface area (Å²) in [7, 11) is 0. The van der Waals surface area contributed by atoms with E-state index in [0.717, 1.165) is 56.6 Å². The van der Waals surface area contributed by atoms with Crippen molar-refractivity contribution >= 4 is 11.9 Å². The van der Waals surface area contributed by atoms with Gasteiger partial charge in [0.1, 0.15) is 18.5 Å².